The highest BCUT2D eigenvalue weighted by molar-refractivity contribution is 5.91. The van der Waals surface area contributed by atoms with Gasteiger partial charge in [0, 0.05) is 37.1 Å². The van der Waals surface area contributed by atoms with E-state index in [2.05, 4.69) is 35.0 Å². The smallest absolute Gasteiger partial charge is 0.162 e. The fourth-order valence-corrected chi connectivity index (χ4v) is 3.19. The number of ether oxygens (including phenoxy) is 1. The molecule has 0 aliphatic carbocycles. The van der Waals surface area contributed by atoms with Crippen molar-refractivity contribution in [1.82, 2.24) is 14.9 Å². The van der Waals surface area contributed by atoms with Crippen LogP contribution in [-0.4, -0.2) is 55.2 Å². The van der Waals surface area contributed by atoms with Crippen molar-refractivity contribution in [3.8, 4) is 17.1 Å². The van der Waals surface area contributed by atoms with E-state index >= 15 is 0 Å². The van der Waals surface area contributed by atoms with Crippen molar-refractivity contribution in [2.45, 2.75) is 0 Å². The summed E-state index contributed by atoms with van der Waals surface area (Å²) in [5, 5.41) is 1.12. The molecule has 5 nitrogen and oxygen atoms in total. The molecule has 0 saturated carbocycles. The molecule has 1 saturated heterocycles. The van der Waals surface area contributed by atoms with Gasteiger partial charge in [-0.25, -0.2) is 9.97 Å². The number of benzene rings is 2. The maximum absolute atomic E-state index is 5.25. The van der Waals surface area contributed by atoms with Crippen molar-refractivity contribution >= 4 is 16.7 Å². The summed E-state index contributed by atoms with van der Waals surface area (Å²) in [4.78, 5) is 14.4. The van der Waals surface area contributed by atoms with Crippen LogP contribution in [0.25, 0.3) is 22.3 Å². The Balaban J connectivity index is 1.80. The van der Waals surface area contributed by atoms with E-state index < -0.39 is 0 Å². The second kappa shape index (κ2) is 6.69. The summed E-state index contributed by atoms with van der Waals surface area (Å²) in [5.74, 6) is 2.63. The van der Waals surface area contributed by atoms with Crippen molar-refractivity contribution in [3.05, 3.63) is 48.5 Å². The summed E-state index contributed by atoms with van der Waals surface area (Å²) in [6.45, 7) is 4.07. The molecule has 0 unspecified atom stereocenters. The number of hydrogen-bond donors (Lipinski definition) is 0. The van der Waals surface area contributed by atoms with Gasteiger partial charge in [-0.1, -0.05) is 12.1 Å². The van der Waals surface area contributed by atoms with Crippen LogP contribution in [0.2, 0.25) is 0 Å². The van der Waals surface area contributed by atoms with E-state index in [4.69, 9.17) is 14.7 Å². The van der Waals surface area contributed by atoms with Gasteiger partial charge in [-0.05, 0) is 43.4 Å². The number of nitrogens with zero attached hydrogens (tertiary/aromatic N) is 4. The van der Waals surface area contributed by atoms with Crippen molar-refractivity contribution in [2.75, 3.05) is 45.2 Å². The minimum atomic E-state index is 0.760. The lowest BCUT2D eigenvalue weighted by molar-refractivity contribution is 0.312. The third-order valence-corrected chi connectivity index (χ3v) is 4.73. The van der Waals surface area contributed by atoms with E-state index in [1.54, 1.807) is 7.11 Å². The average Bonchev–Trinajstić information content (AvgIpc) is 2.68. The monoisotopic (exact) mass is 334 g/mol. The molecule has 0 N–H and O–H groups in total. The van der Waals surface area contributed by atoms with Crippen LogP contribution in [0.3, 0.4) is 0 Å². The molecule has 1 fully saturated rings. The first-order valence-electron chi connectivity index (χ1n) is 8.59. The number of methoxy groups -OCH3 is 1. The van der Waals surface area contributed by atoms with Gasteiger partial charge in [0.2, 0.25) is 0 Å². The first kappa shape index (κ1) is 15.8. The van der Waals surface area contributed by atoms with Crippen LogP contribution in [0.4, 0.5) is 5.82 Å². The Hall–Kier alpha value is -2.66. The molecule has 0 bridgehead atoms. The molecule has 1 aliphatic rings. The van der Waals surface area contributed by atoms with Crippen LogP contribution >= 0.6 is 0 Å². The Labute approximate surface area is 147 Å². The number of aromatic nitrogens is 2. The van der Waals surface area contributed by atoms with Gasteiger partial charge in [0.1, 0.15) is 11.6 Å². The minimum absolute atomic E-state index is 0.760. The van der Waals surface area contributed by atoms with E-state index in [9.17, 15) is 0 Å². The Morgan fingerprint density at radius 2 is 1.60 bits per heavy atom. The lowest BCUT2D eigenvalue weighted by atomic mass is 10.1. The molecule has 25 heavy (non-hydrogen) atoms. The van der Waals surface area contributed by atoms with E-state index in [1.807, 2.05) is 30.3 Å². The highest BCUT2D eigenvalue weighted by Gasteiger charge is 2.19. The first-order valence-corrected chi connectivity index (χ1v) is 8.59. The van der Waals surface area contributed by atoms with Gasteiger partial charge in [0.05, 0.1) is 12.6 Å². The summed E-state index contributed by atoms with van der Waals surface area (Å²) in [6, 6.07) is 16.2. The zero-order valence-electron chi connectivity index (χ0n) is 14.6. The summed E-state index contributed by atoms with van der Waals surface area (Å²) in [7, 11) is 3.84. The lowest BCUT2D eigenvalue weighted by Crippen LogP contribution is -2.45. The molecule has 128 valence electrons. The molecule has 2 aromatic carbocycles. The molecular formula is C20H22N4O. The fourth-order valence-electron chi connectivity index (χ4n) is 3.19. The molecule has 0 spiro atoms. The predicted molar refractivity (Wildman–Crippen MR) is 101 cm³/mol. The van der Waals surface area contributed by atoms with Crippen LogP contribution in [0.15, 0.2) is 48.5 Å². The second-order valence-corrected chi connectivity index (χ2v) is 6.41. The number of rotatable bonds is 3. The maximum Gasteiger partial charge on any atom is 0.162 e. The largest absolute Gasteiger partial charge is 0.497 e. The quantitative estimate of drug-likeness (QED) is 0.736. The molecule has 3 aromatic rings. The van der Waals surface area contributed by atoms with Gasteiger partial charge in [-0.2, -0.15) is 0 Å². The predicted octanol–water partition coefficient (Wildman–Crippen LogP) is 3.06. The molecule has 0 radical (unpaired) electrons. The highest BCUT2D eigenvalue weighted by atomic mass is 16.5. The lowest BCUT2D eigenvalue weighted by Gasteiger charge is -2.33. The minimum Gasteiger partial charge on any atom is -0.497 e. The van der Waals surface area contributed by atoms with E-state index in [0.29, 0.717) is 0 Å². The van der Waals surface area contributed by atoms with Crippen LogP contribution in [-0.2, 0) is 0 Å². The normalized spacial score (nSPS) is 15.5. The summed E-state index contributed by atoms with van der Waals surface area (Å²) < 4.78 is 5.25. The maximum atomic E-state index is 5.25. The number of anilines is 1. The molecule has 0 amide bonds. The van der Waals surface area contributed by atoms with Crippen LogP contribution in [0.1, 0.15) is 0 Å². The molecule has 5 heteroatoms. The molecule has 4 rings (SSSR count). The zero-order valence-corrected chi connectivity index (χ0v) is 14.6. The number of para-hydroxylation sites is 1. The SMILES string of the molecule is COc1ccc(-c2nc(N3CCN(C)CC3)c3ccccc3n2)cc1. The standard InChI is InChI=1S/C20H22N4O/c1-23-11-13-24(14-12-23)20-17-5-3-4-6-18(17)21-19(22-20)15-7-9-16(25-2)10-8-15/h3-10H,11-14H2,1-2H3. The molecule has 0 atom stereocenters. The third kappa shape index (κ3) is 3.15. The summed E-state index contributed by atoms with van der Waals surface area (Å²) in [6.07, 6.45) is 0. The van der Waals surface area contributed by atoms with Gasteiger partial charge in [0.25, 0.3) is 0 Å². The number of fused-ring (bicyclic) bond motifs is 1. The number of likely N-dealkylation sites (N-methyl/N-ethyl adjacent to an activating group) is 1. The summed E-state index contributed by atoms with van der Waals surface area (Å²) in [5.41, 5.74) is 1.99. The Morgan fingerprint density at radius 1 is 0.880 bits per heavy atom. The Morgan fingerprint density at radius 3 is 2.32 bits per heavy atom. The Kier molecular flexibility index (Phi) is 4.24. The van der Waals surface area contributed by atoms with Gasteiger partial charge in [-0.15, -0.1) is 0 Å². The van der Waals surface area contributed by atoms with Crippen LogP contribution in [0, 0.1) is 0 Å². The molecular weight excluding hydrogens is 312 g/mol. The first-order chi connectivity index (χ1) is 12.2. The summed E-state index contributed by atoms with van der Waals surface area (Å²) >= 11 is 0. The Bertz CT molecular complexity index is 871. The van der Waals surface area contributed by atoms with Gasteiger partial charge < -0.3 is 14.5 Å². The second-order valence-electron chi connectivity index (χ2n) is 6.41. The average molecular weight is 334 g/mol. The zero-order chi connectivity index (χ0) is 17.2. The van der Waals surface area contributed by atoms with Crippen molar-refractivity contribution in [2.24, 2.45) is 0 Å². The van der Waals surface area contributed by atoms with Crippen LogP contribution in [0.5, 0.6) is 5.75 Å². The topological polar surface area (TPSA) is 41.5 Å². The van der Waals surface area contributed by atoms with Gasteiger partial charge in [0.15, 0.2) is 5.82 Å². The number of hydrogen-bond acceptors (Lipinski definition) is 5. The van der Waals surface area contributed by atoms with Gasteiger partial charge in [-0.3, -0.25) is 0 Å². The third-order valence-electron chi connectivity index (χ3n) is 4.73. The van der Waals surface area contributed by atoms with Crippen molar-refractivity contribution < 1.29 is 4.74 Å². The molecule has 1 aromatic heterocycles. The highest BCUT2D eigenvalue weighted by Crippen LogP contribution is 2.28. The van der Waals surface area contributed by atoms with Crippen molar-refractivity contribution in [3.63, 3.8) is 0 Å². The fraction of sp³-hybridized carbons (Fsp3) is 0.300. The van der Waals surface area contributed by atoms with E-state index in [1.165, 1.54) is 0 Å². The van der Waals surface area contributed by atoms with E-state index in [-0.39, 0.29) is 0 Å². The number of piperazine rings is 1. The molecule has 2 heterocycles. The van der Waals surface area contributed by atoms with Crippen molar-refractivity contribution in [1.29, 1.82) is 0 Å². The van der Waals surface area contributed by atoms with Gasteiger partial charge >= 0.3 is 0 Å². The van der Waals surface area contributed by atoms with E-state index in [0.717, 1.165) is 60.0 Å². The van der Waals surface area contributed by atoms with Crippen LogP contribution < -0.4 is 9.64 Å². The molecule has 1 aliphatic heterocycles.